The molecule has 82 heavy (non-hydrogen) atoms. The van der Waals surface area contributed by atoms with Gasteiger partial charge in [0.1, 0.15) is 24.4 Å². The van der Waals surface area contributed by atoms with Crippen molar-refractivity contribution in [1.82, 2.24) is 5.32 Å². The largest absolute Gasteiger partial charge is 0.466 e. The van der Waals surface area contributed by atoms with Crippen LogP contribution in [0.15, 0.2) is 36.5 Å². The van der Waals surface area contributed by atoms with E-state index >= 15 is 0 Å². The van der Waals surface area contributed by atoms with Crippen LogP contribution >= 0.6 is 0 Å². The van der Waals surface area contributed by atoms with Gasteiger partial charge in [-0.15, -0.1) is 0 Å². The van der Waals surface area contributed by atoms with Crippen LogP contribution in [0, 0.1) is 0 Å². The van der Waals surface area contributed by atoms with E-state index < -0.39 is 49.5 Å². The van der Waals surface area contributed by atoms with Crippen LogP contribution in [0.25, 0.3) is 0 Å². The van der Waals surface area contributed by atoms with E-state index in [1.165, 1.54) is 257 Å². The fourth-order valence-electron chi connectivity index (χ4n) is 11.1. The van der Waals surface area contributed by atoms with E-state index in [0.717, 1.165) is 57.8 Å². The van der Waals surface area contributed by atoms with Crippen LogP contribution in [-0.4, -0.2) is 100 Å². The fraction of sp³-hybridized carbons (Fsp3) is 0.887. The van der Waals surface area contributed by atoms with E-state index in [9.17, 15) is 35.1 Å². The van der Waals surface area contributed by atoms with Crippen LogP contribution < -0.4 is 5.32 Å². The molecule has 0 spiro atoms. The molecule has 0 radical (unpaired) electrons. The molecule has 0 bridgehead atoms. The second-order valence-electron chi connectivity index (χ2n) is 24.6. The molecule has 1 rings (SSSR count). The van der Waals surface area contributed by atoms with Crippen molar-refractivity contribution in [3.8, 4) is 0 Å². The van der Waals surface area contributed by atoms with E-state index in [-0.39, 0.29) is 18.5 Å². The summed E-state index contributed by atoms with van der Waals surface area (Å²) < 4.78 is 16.7. The third kappa shape index (κ3) is 49.0. The zero-order valence-corrected chi connectivity index (χ0v) is 53.5. The van der Waals surface area contributed by atoms with Gasteiger partial charge in [-0.05, 0) is 83.5 Å². The van der Waals surface area contributed by atoms with Crippen molar-refractivity contribution in [3.05, 3.63) is 36.5 Å². The molecule has 1 fully saturated rings. The molecule has 0 aromatic rings. The SMILES string of the molecule is CCCCC/C=C\CCCCCCCC(=O)OCCCCCCCCCCCCCC/C=C\CCCCCCCCCCCCCCCCCCCC(=O)NC(COC1OC(CO)C(O)C(O)C1O)C(O)/C=C/CCCCCCCCC. The highest BCUT2D eigenvalue weighted by Crippen LogP contribution is 2.23. The second kappa shape index (κ2) is 60.6. The summed E-state index contributed by atoms with van der Waals surface area (Å²) in [7, 11) is 0. The highest BCUT2D eigenvalue weighted by atomic mass is 16.7. The van der Waals surface area contributed by atoms with Gasteiger partial charge in [-0.1, -0.05) is 281 Å². The Labute approximate surface area is 504 Å². The summed E-state index contributed by atoms with van der Waals surface area (Å²) in [5.74, 6) is -0.178. The standard InChI is InChI=1S/C71H133NO10/c1-3-5-7-9-11-13-14-39-43-47-51-55-59-67(76)80-60-56-52-48-44-40-37-35-33-31-29-27-25-23-21-19-17-15-16-18-20-22-24-26-28-30-32-34-36-38-42-46-50-54-58-66(75)72-63(64(74)57-53-49-45-41-12-10-8-6-4-2)62-81-71-70(79)69(78)68(77)65(61-73)82-71/h11,13,19,21,53,57,63-65,68-71,73-74,77-79H,3-10,12,14-18,20,22-52,54-56,58-62H2,1-2H3,(H,72,75)/b13-11-,21-19-,57-53+. The Kier molecular flexibility index (Phi) is 57.5. The maximum absolute atomic E-state index is 13.0. The van der Waals surface area contributed by atoms with Gasteiger partial charge >= 0.3 is 5.97 Å². The predicted molar refractivity (Wildman–Crippen MR) is 343 cm³/mol. The Morgan fingerprint density at radius 3 is 1.20 bits per heavy atom. The average molecular weight is 1160 g/mol. The number of hydrogen-bond acceptors (Lipinski definition) is 10. The molecule has 0 aromatic carbocycles. The molecule has 0 aromatic heterocycles. The predicted octanol–water partition coefficient (Wildman–Crippen LogP) is 17.8. The lowest BCUT2D eigenvalue weighted by Gasteiger charge is -2.40. The molecule has 1 amide bonds. The fourth-order valence-corrected chi connectivity index (χ4v) is 11.1. The third-order valence-electron chi connectivity index (χ3n) is 16.7. The van der Waals surface area contributed by atoms with Gasteiger partial charge in [0, 0.05) is 12.8 Å². The monoisotopic (exact) mass is 1160 g/mol. The smallest absolute Gasteiger partial charge is 0.305 e. The first kappa shape index (κ1) is 77.9. The van der Waals surface area contributed by atoms with Crippen LogP contribution in [0.1, 0.15) is 341 Å². The summed E-state index contributed by atoms with van der Waals surface area (Å²) in [5.41, 5.74) is 0. The zero-order valence-electron chi connectivity index (χ0n) is 53.5. The first-order chi connectivity index (χ1) is 40.2. The van der Waals surface area contributed by atoms with Crippen molar-refractivity contribution in [2.45, 2.75) is 384 Å². The molecule has 7 atom stereocenters. The zero-order chi connectivity index (χ0) is 59.5. The number of allylic oxidation sites excluding steroid dienone is 5. The summed E-state index contributed by atoms with van der Waals surface area (Å²) in [6.45, 7) is 4.32. The van der Waals surface area contributed by atoms with E-state index in [4.69, 9.17) is 14.2 Å². The number of ether oxygens (including phenoxy) is 3. The number of nitrogens with one attached hydrogen (secondary N) is 1. The number of amides is 1. The summed E-state index contributed by atoms with van der Waals surface area (Å²) >= 11 is 0. The molecule has 0 aliphatic carbocycles. The summed E-state index contributed by atoms with van der Waals surface area (Å²) in [5, 5.41) is 54.3. The van der Waals surface area contributed by atoms with Crippen LogP contribution in [0.5, 0.6) is 0 Å². The van der Waals surface area contributed by atoms with Gasteiger partial charge in [0.25, 0.3) is 0 Å². The molecule has 1 aliphatic rings. The first-order valence-corrected chi connectivity index (χ1v) is 35.3. The molecule has 7 unspecified atom stereocenters. The molecule has 1 aliphatic heterocycles. The van der Waals surface area contributed by atoms with E-state index in [1.54, 1.807) is 6.08 Å². The Balaban J connectivity index is 1.91. The highest BCUT2D eigenvalue weighted by Gasteiger charge is 2.44. The number of unbranched alkanes of at least 4 members (excludes halogenated alkanes) is 44. The Morgan fingerprint density at radius 1 is 0.439 bits per heavy atom. The first-order valence-electron chi connectivity index (χ1n) is 35.3. The average Bonchev–Trinajstić information content (AvgIpc) is 3.68. The topological polar surface area (TPSA) is 175 Å². The molecule has 0 saturated carbocycles. The molecule has 1 saturated heterocycles. The van der Waals surface area contributed by atoms with Crippen LogP contribution in [0.4, 0.5) is 0 Å². The summed E-state index contributed by atoms with van der Waals surface area (Å²) in [4.78, 5) is 25.0. The van der Waals surface area contributed by atoms with Crippen molar-refractivity contribution in [3.63, 3.8) is 0 Å². The minimum Gasteiger partial charge on any atom is -0.466 e. The molecule has 482 valence electrons. The normalized spacial score (nSPS) is 18.4. The number of aliphatic hydroxyl groups excluding tert-OH is 5. The second-order valence-corrected chi connectivity index (χ2v) is 24.6. The van der Waals surface area contributed by atoms with Crippen molar-refractivity contribution >= 4 is 11.9 Å². The van der Waals surface area contributed by atoms with Gasteiger partial charge in [0.05, 0.1) is 32.0 Å². The van der Waals surface area contributed by atoms with E-state index in [0.29, 0.717) is 19.4 Å². The van der Waals surface area contributed by atoms with Crippen molar-refractivity contribution < 1.29 is 49.3 Å². The summed E-state index contributed by atoms with van der Waals surface area (Å²) in [6, 6.07) is -0.806. The Bertz CT molecular complexity index is 1460. The van der Waals surface area contributed by atoms with E-state index in [1.807, 2.05) is 6.08 Å². The van der Waals surface area contributed by atoms with Gasteiger partial charge in [-0.3, -0.25) is 9.59 Å². The maximum atomic E-state index is 13.0. The number of esters is 1. The van der Waals surface area contributed by atoms with Crippen LogP contribution in [0.3, 0.4) is 0 Å². The lowest BCUT2D eigenvalue weighted by molar-refractivity contribution is -0.302. The minimum atomic E-state index is -1.57. The molecule has 11 nitrogen and oxygen atoms in total. The number of rotatable bonds is 62. The van der Waals surface area contributed by atoms with Crippen molar-refractivity contribution in [2.24, 2.45) is 0 Å². The number of carbonyl (C=O) groups excluding carboxylic acids is 2. The Hall–Kier alpha value is -2.12. The van der Waals surface area contributed by atoms with Crippen molar-refractivity contribution in [1.29, 1.82) is 0 Å². The van der Waals surface area contributed by atoms with Gasteiger partial charge in [-0.2, -0.15) is 0 Å². The third-order valence-corrected chi connectivity index (χ3v) is 16.7. The minimum absolute atomic E-state index is 0.00137. The molecule has 1 heterocycles. The van der Waals surface area contributed by atoms with Gasteiger partial charge in [0.15, 0.2) is 6.29 Å². The van der Waals surface area contributed by atoms with Crippen LogP contribution in [0.2, 0.25) is 0 Å². The quantitative estimate of drug-likeness (QED) is 0.0195. The van der Waals surface area contributed by atoms with Gasteiger partial charge in [-0.25, -0.2) is 0 Å². The van der Waals surface area contributed by atoms with Gasteiger partial charge in [0.2, 0.25) is 5.91 Å². The maximum Gasteiger partial charge on any atom is 0.305 e. The number of carbonyl (C=O) groups is 2. The highest BCUT2D eigenvalue weighted by molar-refractivity contribution is 5.76. The van der Waals surface area contributed by atoms with Crippen molar-refractivity contribution in [2.75, 3.05) is 19.8 Å². The molecule has 11 heteroatoms. The molecule has 6 N–H and O–H groups in total. The lowest BCUT2D eigenvalue weighted by Crippen LogP contribution is -2.60. The van der Waals surface area contributed by atoms with Gasteiger partial charge < -0.3 is 45.1 Å². The number of hydrogen-bond donors (Lipinski definition) is 6. The molecular weight excluding hydrogens is 1030 g/mol. The van der Waals surface area contributed by atoms with E-state index in [2.05, 4.69) is 43.5 Å². The number of aliphatic hydroxyl groups is 5. The summed E-state index contributed by atoms with van der Waals surface area (Å²) in [6.07, 6.45) is 67.3. The Morgan fingerprint density at radius 2 is 0.780 bits per heavy atom. The van der Waals surface area contributed by atoms with Crippen LogP contribution in [-0.2, 0) is 23.8 Å². The lowest BCUT2D eigenvalue weighted by atomic mass is 9.99. The molecular formula is C71H133NO10.